The minimum Gasteiger partial charge on any atom is -0.508 e. The third kappa shape index (κ3) is 2.97. The number of phenolic OH excluding ortho intramolecular Hbond substituents is 1. The quantitative estimate of drug-likeness (QED) is 0.877. The van der Waals surface area contributed by atoms with Crippen LogP contribution in [0, 0.1) is 11.7 Å². The molecule has 28 heavy (non-hydrogen) atoms. The monoisotopic (exact) mass is 382 g/mol. The molecule has 0 unspecified atom stereocenters. The molecule has 4 nitrogen and oxygen atoms in total. The van der Waals surface area contributed by atoms with E-state index in [4.69, 9.17) is 4.74 Å². The van der Waals surface area contributed by atoms with Gasteiger partial charge in [0.25, 0.3) is 0 Å². The Hall–Kier alpha value is -2.11. The van der Waals surface area contributed by atoms with Crippen molar-refractivity contribution < 1.29 is 14.2 Å². The van der Waals surface area contributed by atoms with E-state index >= 15 is 0 Å². The molecule has 4 aliphatic heterocycles. The molecule has 148 valence electrons. The largest absolute Gasteiger partial charge is 0.508 e. The first kappa shape index (κ1) is 18.0. The zero-order valence-corrected chi connectivity index (χ0v) is 16.2. The van der Waals surface area contributed by atoms with Gasteiger partial charge in [0.1, 0.15) is 5.75 Å². The summed E-state index contributed by atoms with van der Waals surface area (Å²) in [6, 6.07) is 14.0. The molecule has 0 spiro atoms. The molecule has 2 aromatic carbocycles. The zero-order chi connectivity index (χ0) is 19.3. The van der Waals surface area contributed by atoms with Gasteiger partial charge in [-0.3, -0.25) is 9.80 Å². The van der Waals surface area contributed by atoms with Crippen molar-refractivity contribution in [2.45, 2.75) is 37.4 Å². The number of rotatable bonds is 4. The maximum atomic E-state index is 14.2. The highest BCUT2D eigenvalue weighted by atomic mass is 19.1. The lowest BCUT2D eigenvalue weighted by Crippen LogP contribution is -2.59. The van der Waals surface area contributed by atoms with Crippen molar-refractivity contribution in [1.82, 2.24) is 9.80 Å². The van der Waals surface area contributed by atoms with Crippen LogP contribution in [0.25, 0.3) is 0 Å². The van der Waals surface area contributed by atoms with Gasteiger partial charge in [0, 0.05) is 31.1 Å². The van der Waals surface area contributed by atoms with E-state index < -0.39 is 0 Å². The molecule has 6 rings (SSSR count). The molecule has 2 bridgehead atoms. The lowest BCUT2D eigenvalue weighted by molar-refractivity contribution is -0.00871. The average Bonchev–Trinajstić information content (AvgIpc) is 3.11. The summed E-state index contributed by atoms with van der Waals surface area (Å²) in [5.41, 5.74) is 2.20. The molecule has 0 aromatic heterocycles. The van der Waals surface area contributed by atoms with Gasteiger partial charge in [0.2, 0.25) is 0 Å². The summed E-state index contributed by atoms with van der Waals surface area (Å²) in [7, 11) is 1.50. The minimum atomic E-state index is -0.297. The molecule has 0 radical (unpaired) electrons. The van der Waals surface area contributed by atoms with Crippen LogP contribution in [0.2, 0.25) is 0 Å². The van der Waals surface area contributed by atoms with Crippen LogP contribution >= 0.6 is 0 Å². The molecule has 4 saturated heterocycles. The van der Waals surface area contributed by atoms with Crippen molar-refractivity contribution in [1.29, 1.82) is 0 Å². The number of piperidine rings is 3. The number of hydrogen-bond acceptors (Lipinski definition) is 4. The second-order valence-corrected chi connectivity index (χ2v) is 8.45. The van der Waals surface area contributed by atoms with E-state index in [-0.39, 0.29) is 5.82 Å². The SMILES string of the molecule is COc1ccc(CN2C[C@H](c3cccc(O)c3)[C@H]3[C@@H]2C2CCN3CC2)cc1F. The van der Waals surface area contributed by atoms with Crippen LogP contribution < -0.4 is 4.74 Å². The van der Waals surface area contributed by atoms with Gasteiger partial charge in [-0.05, 0) is 67.2 Å². The summed E-state index contributed by atoms with van der Waals surface area (Å²) in [6.07, 6.45) is 2.50. The lowest BCUT2D eigenvalue weighted by atomic mass is 9.75. The lowest BCUT2D eigenvalue weighted by Gasteiger charge is -2.51. The summed E-state index contributed by atoms with van der Waals surface area (Å²) in [5.74, 6) is 1.42. The first-order valence-electron chi connectivity index (χ1n) is 10.2. The number of nitrogens with zero attached hydrogens (tertiary/aromatic N) is 2. The van der Waals surface area contributed by atoms with Gasteiger partial charge in [-0.15, -0.1) is 0 Å². The molecule has 3 atom stereocenters. The van der Waals surface area contributed by atoms with Crippen LogP contribution in [0.3, 0.4) is 0 Å². The highest BCUT2D eigenvalue weighted by Gasteiger charge is 2.53. The fraction of sp³-hybridized carbons (Fsp3) is 0.478. The predicted molar refractivity (Wildman–Crippen MR) is 106 cm³/mol. The van der Waals surface area contributed by atoms with Crippen LogP contribution in [0.15, 0.2) is 42.5 Å². The molecule has 0 aliphatic carbocycles. The van der Waals surface area contributed by atoms with Gasteiger partial charge in [0.05, 0.1) is 7.11 Å². The van der Waals surface area contributed by atoms with Gasteiger partial charge < -0.3 is 9.84 Å². The van der Waals surface area contributed by atoms with Gasteiger partial charge in [0.15, 0.2) is 11.6 Å². The van der Waals surface area contributed by atoms with Crippen molar-refractivity contribution in [3.63, 3.8) is 0 Å². The summed E-state index contributed by atoms with van der Waals surface area (Å²) in [5, 5.41) is 10.0. The van der Waals surface area contributed by atoms with Crippen LogP contribution in [-0.4, -0.2) is 53.7 Å². The van der Waals surface area contributed by atoms with E-state index in [1.165, 1.54) is 38.6 Å². The number of hydrogen-bond donors (Lipinski definition) is 1. The predicted octanol–water partition coefficient (Wildman–Crippen LogP) is 3.60. The van der Waals surface area contributed by atoms with E-state index in [9.17, 15) is 9.50 Å². The highest BCUT2D eigenvalue weighted by Crippen LogP contribution is 2.47. The Balaban J connectivity index is 1.46. The Bertz CT molecular complexity index is 865. The molecule has 2 aromatic rings. The zero-order valence-electron chi connectivity index (χ0n) is 16.2. The number of ether oxygens (including phenoxy) is 1. The number of aromatic hydroxyl groups is 1. The van der Waals surface area contributed by atoms with Crippen molar-refractivity contribution in [3.8, 4) is 11.5 Å². The Morgan fingerprint density at radius 1 is 1.11 bits per heavy atom. The van der Waals surface area contributed by atoms with Crippen LogP contribution in [0.4, 0.5) is 4.39 Å². The summed E-state index contributed by atoms with van der Waals surface area (Å²) in [4.78, 5) is 5.20. The standard InChI is InChI=1S/C23H27FN2O2/c1-28-21-6-5-15(11-20(21)24)13-26-14-19(17-3-2-4-18(27)12-17)23-22(26)16-7-9-25(23)10-8-16/h2-6,11-12,16,19,22-23,27H,7-10,13-14H2,1H3/t19-,22+,23+/m1/s1. The van der Waals surface area contributed by atoms with Crippen molar-refractivity contribution in [3.05, 3.63) is 59.4 Å². The van der Waals surface area contributed by atoms with E-state index in [0.29, 0.717) is 35.4 Å². The molecule has 1 N–H and O–H groups in total. The number of likely N-dealkylation sites (tertiary alicyclic amines) is 1. The molecule has 5 heteroatoms. The van der Waals surface area contributed by atoms with E-state index in [2.05, 4.69) is 15.9 Å². The Morgan fingerprint density at radius 3 is 2.64 bits per heavy atom. The summed E-state index contributed by atoms with van der Waals surface area (Å²) in [6.45, 7) is 4.04. The van der Waals surface area contributed by atoms with Gasteiger partial charge in [-0.25, -0.2) is 4.39 Å². The molecule has 4 aliphatic rings. The van der Waals surface area contributed by atoms with Crippen molar-refractivity contribution in [2.24, 2.45) is 5.92 Å². The fourth-order valence-electron chi connectivity index (χ4n) is 5.81. The Morgan fingerprint density at radius 2 is 1.93 bits per heavy atom. The van der Waals surface area contributed by atoms with Crippen LogP contribution in [-0.2, 0) is 6.54 Å². The highest BCUT2D eigenvalue weighted by molar-refractivity contribution is 5.34. The molecular weight excluding hydrogens is 355 g/mol. The number of methoxy groups -OCH3 is 1. The fourth-order valence-corrected chi connectivity index (χ4v) is 5.81. The second kappa shape index (κ2) is 7.05. The van der Waals surface area contributed by atoms with Crippen LogP contribution in [0.1, 0.15) is 29.9 Å². The van der Waals surface area contributed by atoms with E-state index in [0.717, 1.165) is 18.7 Å². The maximum absolute atomic E-state index is 14.2. The van der Waals surface area contributed by atoms with Crippen molar-refractivity contribution in [2.75, 3.05) is 26.7 Å². The molecule has 0 amide bonds. The molecule has 4 fully saturated rings. The van der Waals surface area contributed by atoms with E-state index in [1.807, 2.05) is 18.2 Å². The number of benzene rings is 2. The third-order valence-corrected chi connectivity index (χ3v) is 6.99. The summed E-state index contributed by atoms with van der Waals surface area (Å²) >= 11 is 0. The van der Waals surface area contributed by atoms with Crippen LogP contribution in [0.5, 0.6) is 11.5 Å². The Labute approximate surface area is 165 Å². The first-order chi connectivity index (χ1) is 13.6. The molecule has 0 saturated carbocycles. The van der Waals surface area contributed by atoms with E-state index in [1.54, 1.807) is 18.2 Å². The first-order valence-corrected chi connectivity index (χ1v) is 10.2. The topological polar surface area (TPSA) is 35.9 Å². The minimum absolute atomic E-state index is 0.295. The maximum Gasteiger partial charge on any atom is 0.165 e. The van der Waals surface area contributed by atoms with Gasteiger partial charge in [-0.1, -0.05) is 18.2 Å². The average molecular weight is 382 g/mol. The number of phenols is 1. The number of fused-ring (bicyclic) bond motifs is 2. The summed E-state index contributed by atoms with van der Waals surface area (Å²) < 4.78 is 19.3. The number of halogens is 1. The van der Waals surface area contributed by atoms with Gasteiger partial charge in [-0.2, -0.15) is 0 Å². The third-order valence-electron chi connectivity index (χ3n) is 6.99. The van der Waals surface area contributed by atoms with Gasteiger partial charge >= 0.3 is 0 Å². The second-order valence-electron chi connectivity index (χ2n) is 8.45. The Kier molecular flexibility index (Phi) is 4.52. The molecule has 4 heterocycles. The molecular formula is C23H27FN2O2. The smallest absolute Gasteiger partial charge is 0.165 e. The normalized spacial score (nSPS) is 31.7. The van der Waals surface area contributed by atoms with Crippen molar-refractivity contribution >= 4 is 0 Å².